The van der Waals surface area contributed by atoms with Crippen molar-refractivity contribution in [2.24, 2.45) is 0 Å². The molecule has 161 valence electrons. The minimum atomic E-state index is -0.965. The fraction of sp³-hybridized carbons (Fsp3) is 0.909. The first-order valence-corrected chi connectivity index (χ1v) is 11.2. The van der Waals surface area contributed by atoms with Gasteiger partial charge in [0.15, 0.2) is 0 Å². The van der Waals surface area contributed by atoms with E-state index >= 15 is 0 Å². The summed E-state index contributed by atoms with van der Waals surface area (Å²) >= 11 is 0. The van der Waals surface area contributed by atoms with Crippen LogP contribution in [0.15, 0.2) is 0 Å². The van der Waals surface area contributed by atoms with Gasteiger partial charge >= 0.3 is 11.9 Å². The van der Waals surface area contributed by atoms with Gasteiger partial charge in [0.25, 0.3) is 0 Å². The molecule has 0 unspecified atom stereocenters. The van der Waals surface area contributed by atoms with E-state index in [1.807, 2.05) is 0 Å². The molecule has 2 N–H and O–H groups in total. The summed E-state index contributed by atoms with van der Waals surface area (Å²) in [5, 5.41) is 17.6. The quantitative estimate of drug-likeness (QED) is 0.198. The first-order valence-electron chi connectivity index (χ1n) is 11.2. The molecule has 0 aromatic carbocycles. The van der Waals surface area contributed by atoms with Crippen LogP contribution in [0.4, 0.5) is 0 Å². The molecule has 0 atom stereocenters. The van der Waals surface area contributed by atoms with Gasteiger partial charge in [0, 0.05) is 29.6 Å². The van der Waals surface area contributed by atoms with Crippen molar-refractivity contribution >= 4 is 41.5 Å². The van der Waals surface area contributed by atoms with Crippen LogP contribution in [0.25, 0.3) is 0 Å². The maximum Gasteiger partial charge on any atom is 0.317 e. The summed E-state index contributed by atoms with van der Waals surface area (Å²) < 4.78 is 0. The molecule has 0 saturated carbocycles. The van der Waals surface area contributed by atoms with Gasteiger partial charge in [0.05, 0.1) is 13.1 Å². The largest absolute Gasteiger partial charge is 0.480 e. The van der Waals surface area contributed by atoms with Gasteiger partial charge in [0.2, 0.25) is 0 Å². The third kappa shape index (κ3) is 23.9. The average Bonchev–Trinajstić information content (AvgIpc) is 2.60. The predicted octanol–water partition coefficient (Wildman–Crippen LogP) is 5.34. The van der Waals surface area contributed by atoms with Gasteiger partial charge in [-0.15, -0.1) is 0 Å². The molecule has 0 aliphatic carbocycles. The van der Waals surface area contributed by atoms with Gasteiger partial charge in [0.1, 0.15) is 0 Å². The van der Waals surface area contributed by atoms with E-state index in [-0.39, 0.29) is 42.6 Å². The van der Waals surface area contributed by atoms with E-state index in [0.29, 0.717) is 6.54 Å². The number of carboxylic acid groups (broad SMARTS) is 2. The smallest absolute Gasteiger partial charge is 0.317 e. The molecule has 0 saturated heterocycles. The van der Waals surface area contributed by atoms with Crippen molar-refractivity contribution in [1.29, 1.82) is 0 Å². The van der Waals surface area contributed by atoms with Crippen LogP contribution in [-0.4, -0.2) is 76.2 Å². The van der Waals surface area contributed by atoms with Gasteiger partial charge in [-0.25, -0.2) is 0 Å². The first kappa shape index (κ1) is 30.1. The summed E-state index contributed by atoms with van der Waals surface area (Å²) in [5.41, 5.74) is 0. The van der Waals surface area contributed by atoms with Crippen molar-refractivity contribution < 1.29 is 19.8 Å². The second-order valence-electron chi connectivity index (χ2n) is 7.80. The van der Waals surface area contributed by atoms with Gasteiger partial charge in [-0.3, -0.25) is 14.5 Å². The SMILES string of the molecule is CCCCCCCCCCCCCCCCCCN(CC(=O)O)CC(=O)O.[Na]. The van der Waals surface area contributed by atoms with E-state index in [2.05, 4.69) is 6.92 Å². The van der Waals surface area contributed by atoms with Crippen molar-refractivity contribution in [2.75, 3.05) is 19.6 Å². The number of hydrogen-bond donors (Lipinski definition) is 2. The van der Waals surface area contributed by atoms with Crippen molar-refractivity contribution in [2.45, 2.75) is 110 Å². The van der Waals surface area contributed by atoms with Gasteiger partial charge in [-0.1, -0.05) is 103 Å². The predicted molar refractivity (Wildman–Crippen MR) is 117 cm³/mol. The van der Waals surface area contributed by atoms with Crippen LogP contribution in [0.5, 0.6) is 0 Å². The molecule has 28 heavy (non-hydrogen) atoms. The standard InChI is InChI=1S/C22H43NO4.Na/c1-2-3-4-5-6-7-8-9-10-11-12-13-14-15-16-17-18-23(19-21(24)25)20-22(26)27;/h2-20H2,1H3,(H,24,25)(H,26,27);. The zero-order chi connectivity index (χ0) is 20.2. The number of aliphatic carboxylic acids is 2. The van der Waals surface area contributed by atoms with Crippen LogP contribution in [0.2, 0.25) is 0 Å². The van der Waals surface area contributed by atoms with Crippen LogP contribution in [-0.2, 0) is 9.59 Å². The monoisotopic (exact) mass is 408 g/mol. The molecule has 0 rings (SSSR count). The molecule has 0 amide bonds. The Hall–Kier alpha value is -0.100. The van der Waals surface area contributed by atoms with Crippen molar-refractivity contribution in [3.63, 3.8) is 0 Å². The molecule has 1 radical (unpaired) electrons. The zero-order valence-electron chi connectivity index (χ0n) is 18.6. The van der Waals surface area contributed by atoms with E-state index in [4.69, 9.17) is 10.2 Å². The molecule has 5 nitrogen and oxygen atoms in total. The average molecular weight is 409 g/mol. The summed E-state index contributed by atoms with van der Waals surface area (Å²) in [6, 6.07) is 0. The van der Waals surface area contributed by atoms with Crippen molar-refractivity contribution in [3.05, 3.63) is 0 Å². The Bertz CT molecular complexity index is 350. The molecule has 0 aliphatic heterocycles. The second-order valence-corrected chi connectivity index (χ2v) is 7.80. The molecule has 0 aromatic rings. The second kappa shape index (κ2) is 23.2. The number of hydrogen-bond acceptors (Lipinski definition) is 3. The molecule has 0 aliphatic rings. The van der Waals surface area contributed by atoms with E-state index in [9.17, 15) is 9.59 Å². The van der Waals surface area contributed by atoms with Crippen LogP contribution in [0.3, 0.4) is 0 Å². The summed E-state index contributed by atoms with van der Waals surface area (Å²) in [6.07, 6.45) is 20.8. The van der Waals surface area contributed by atoms with Crippen molar-refractivity contribution in [1.82, 2.24) is 4.90 Å². The number of nitrogens with zero attached hydrogens (tertiary/aromatic N) is 1. The van der Waals surface area contributed by atoms with Crippen LogP contribution in [0, 0.1) is 0 Å². The number of carbonyl (C=O) groups is 2. The maximum absolute atomic E-state index is 10.7. The Morgan fingerprint density at radius 3 is 1.14 bits per heavy atom. The summed E-state index contributed by atoms with van der Waals surface area (Å²) in [5.74, 6) is -1.93. The normalized spacial score (nSPS) is 10.8. The van der Waals surface area contributed by atoms with Crippen molar-refractivity contribution in [3.8, 4) is 0 Å². The van der Waals surface area contributed by atoms with Gasteiger partial charge in [-0.05, 0) is 13.0 Å². The van der Waals surface area contributed by atoms with E-state index in [0.717, 1.165) is 19.3 Å². The van der Waals surface area contributed by atoms with E-state index < -0.39 is 11.9 Å². The maximum atomic E-state index is 10.7. The van der Waals surface area contributed by atoms with Crippen LogP contribution >= 0.6 is 0 Å². The third-order valence-corrected chi connectivity index (χ3v) is 5.05. The van der Waals surface area contributed by atoms with Crippen LogP contribution < -0.4 is 0 Å². The Morgan fingerprint density at radius 1 is 0.571 bits per heavy atom. The zero-order valence-corrected chi connectivity index (χ0v) is 20.6. The fourth-order valence-corrected chi connectivity index (χ4v) is 3.48. The Kier molecular flexibility index (Phi) is 24.9. The molecule has 0 bridgehead atoms. The van der Waals surface area contributed by atoms with Gasteiger partial charge in [-0.2, -0.15) is 0 Å². The number of rotatable bonds is 21. The molecular weight excluding hydrogens is 365 g/mol. The molecular formula is C22H43NNaO4. The Morgan fingerprint density at radius 2 is 0.857 bits per heavy atom. The minimum absolute atomic E-state index is 0. The summed E-state index contributed by atoms with van der Waals surface area (Å²) in [6.45, 7) is 2.44. The molecule has 0 heterocycles. The summed E-state index contributed by atoms with van der Waals surface area (Å²) in [7, 11) is 0. The minimum Gasteiger partial charge on any atom is -0.480 e. The van der Waals surface area contributed by atoms with Crippen LogP contribution in [0.1, 0.15) is 110 Å². The van der Waals surface area contributed by atoms with Gasteiger partial charge < -0.3 is 10.2 Å². The Labute approximate surface area is 194 Å². The topological polar surface area (TPSA) is 77.8 Å². The molecule has 0 spiro atoms. The molecule has 0 aromatic heterocycles. The number of unbranched alkanes of at least 4 members (excludes halogenated alkanes) is 15. The Balaban J connectivity index is 0. The van der Waals surface area contributed by atoms with E-state index in [1.165, 1.54) is 88.4 Å². The molecule has 0 fully saturated rings. The number of carboxylic acids is 2. The first-order chi connectivity index (χ1) is 13.1. The fourth-order valence-electron chi connectivity index (χ4n) is 3.48. The third-order valence-electron chi connectivity index (χ3n) is 5.05. The summed E-state index contributed by atoms with van der Waals surface area (Å²) in [4.78, 5) is 23.0. The van der Waals surface area contributed by atoms with E-state index in [1.54, 1.807) is 0 Å². The molecule has 6 heteroatoms.